The van der Waals surface area contributed by atoms with Gasteiger partial charge in [0.05, 0.1) is 0 Å². The van der Waals surface area contributed by atoms with Gasteiger partial charge in [-0.1, -0.05) is 41.6 Å². The zero-order valence-electron chi connectivity index (χ0n) is 14.9. The summed E-state index contributed by atoms with van der Waals surface area (Å²) in [5.41, 5.74) is 2.46. The number of benzene rings is 1. The number of pyridine rings is 1. The van der Waals surface area contributed by atoms with Crippen LogP contribution in [0.15, 0.2) is 59.3 Å². The molecule has 2 amide bonds. The van der Waals surface area contributed by atoms with Crippen LogP contribution in [0.4, 0.5) is 0 Å². The Labute approximate surface area is 156 Å². The lowest BCUT2D eigenvalue weighted by molar-refractivity contribution is 0.0944. The highest BCUT2D eigenvalue weighted by molar-refractivity contribution is 5.93. The number of nitrogens with zero attached hydrogens (tertiary/aromatic N) is 2. The summed E-state index contributed by atoms with van der Waals surface area (Å²) >= 11 is 0. The zero-order chi connectivity index (χ0) is 19.1. The third kappa shape index (κ3) is 5.01. The predicted octanol–water partition coefficient (Wildman–Crippen LogP) is 2.59. The maximum absolute atomic E-state index is 12.1. The average Bonchev–Trinajstić information content (AvgIpc) is 3.19. The Morgan fingerprint density at radius 2 is 1.67 bits per heavy atom. The Morgan fingerprint density at radius 3 is 2.33 bits per heavy atom. The molecule has 0 spiro atoms. The van der Waals surface area contributed by atoms with Gasteiger partial charge in [-0.15, -0.1) is 0 Å². The van der Waals surface area contributed by atoms with E-state index in [2.05, 4.69) is 20.8 Å². The Kier molecular flexibility index (Phi) is 5.94. The normalized spacial score (nSPS) is 10.4. The molecular formula is C20H20N4O3. The van der Waals surface area contributed by atoms with Crippen molar-refractivity contribution in [1.82, 2.24) is 20.8 Å². The van der Waals surface area contributed by atoms with E-state index < -0.39 is 0 Å². The molecule has 0 aliphatic heterocycles. The number of hydrogen-bond acceptors (Lipinski definition) is 5. The maximum Gasteiger partial charge on any atom is 0.273 e. The van der Waals surface area contributed by atoms with Crippen molar-refractivity contribution >= 4 is 11.8 Å². The summed E-state index contributed by atoms with van der Waals surface area (Å²) in [6.07, 6.45) is 2.24. The topological polar surface area (TPSA) is 97.1 Å². The van der Waals surface area contributed by atoms with E-state index in [1.165, 1.54) is 0 Å². The molecule has 0 atom stereocenters. The van der Waals surface area contributed by atoms with Crippen molar-refractivity contribution in [3.63, 3.8) is 0 Å². The minimum absolute atomic E-state index is 0.224. The lowest BCUT2D eigenvalue weighted by Crippen LogP contribution is -2.30. The third-order valence-electron chi connectivity index (χ3n) is 3.87. The molecule has 3 aromatic rings. The van der Waals surface area contributed by atoms with Gasteiger partial charge in [0, 0.05) is 30.9 Å². The molecule has 0 unspecified atom stereocenters. The van der Waals surface area contributed by atoms with E-state index in [0.29, 0.717) is 31.0 Å². The summed E-state index contributed by atoms with van der Waals surface area (Å²) in [4.78, 5) is 28.1. The minimum Gasteiger partial charge on any atom is -0.355 e. The molecule has 0 aliphatic rings. The van der Waals surface area contributed by atoms with Gasteiger partial charge in [0.2, 0.25) is 0 Å². The van der Waals surface area contributed by atoms with Crippen LogP contribution in [0.25, 0.3) is 11.3 Å². The van der Waals surface area contributed by atoms with E-state index >= 15 is 0 Å². The lowest BCUT2D eigenvalue weighted by Gasteiger charge is -2.05. The predicted molar refractivity (Wildman–Crippen MR) is 100 cm³/mol. The number of rotatable bonds is 7. The molecule has 1 aromatic carbocycles. The highest BCUT2D eigenvalue weighted by Crippen LogP contribution is 2.19. The van der Waals surface area contributed by atoms with Gasteiger partial charge in [-0.05, 0) is 25.0 Å². The third-order valence-corrected chi connectivity index (χ3v) is 3.87. The molecule has 0 aliphatic carbocycles. The molecule has 27 heavy (non-hydrogen) atoms. The summed E-state index contributed by atoms with van der Waals surface area (Å²) in [6, 6.07) is 14.6. The molecule has 2 aromatic heterocycles. The molecule has 138 valence electrons. The Hall–Kier alpha value is -3.48. The van der Waals surface area contributed by atoms with Gasteiger partial charge in [0.25, 0.3) is 11.8 Å². The van der Waals surface area contributed by atoms with Crippen LogP contribution in [-0.2, 0) is 0 Å². The van der Waals surface area contributed by atoms with Crippen molar-refractivity contribution in [2.24, 2.45) is 0 Å². The van der Waals surface area contributed by atoms with Crippen molar-refractivity contribution < 1.29 is 14.1 Å². The Balaban J connectivity index is 1.40. The Bertz CT molecular complexity index is 904. The second kappa shape index (κ2) is 8.75. The van der Waals surface area contributed by atoms with E-state index in [-0.39, 0.29) is 17.5 Å². The van der Waals surface area contributed by atoms with Crippen LogP contribution >= 0.6 is 0 Å². The lowest BCUT2D eigenvalue weighted by atomic mass is 10.1. The van der Waals surface area contributed by atoms with E-state index in [4.69, 9.17) is 4.52 Å². The molecule has 0 saturated carbocycles. The largest absolute Gasteiger partial charge is 0.355 e. The summed E-state index contributed by atoms with van der Waals surface area (Å²) in [5.74, 6) is -0.00333. The van der Waals surface area contributed by atoms with Gasteiger partial charge in [-0.2, -0.15) is 0 Å². The molecule has 0 saturated heterocycles. The number of hydrogen-bond donors (Lipinski definition) is 2. The van der Waals surface area contributed by atoms with Gasteiger partial charge >= 0.3 is 0 Å². The van der Waals surface area contributed by atoms with Crippen LogP contribution < -0.4 is 10.6 Å². The number of nitrogens with one attached hydrogen (secondary N) is 2. The van der Waals surface area contributed by atoms with E-state index in [1.807, 2.05) is 43.3 Å². The van der Waals surface area contributed by atoms with Gasteiger partial charge in [-0.3, -0.25) is 14.6 Å². The number of amides is 2. The zero-order valence-corrected chi connectivity index (χ0v) is 14.9. The molecule has 2 N–H and O–H groups in total. The fourth-order valence-electron chi connectivity index (χ4n) is 2.40. The highest BCUT2D eigenvalue weighted by atomic mass is 16.5. The second-order valence-corrected chi connectivity index (χ2v) is 6.03. The number of aromatic nitrogens is 2. The van der Waals surface area contributed by atoms with Crippen LogP contribution in [0.3, 0.4) is 0 Å². The van der Waals surface area contributed by atoms with E-state index in [0.717, 1.165) is 11.1 Å². The monoisotopic (exact) mass is 364 g/mol. The fraction of sp³-hybridized carbons (Fsp3) is 0.200. The fourth-order valence-corrected chi connectivity index (χ4v) is 2.40. The number of carbonyl (C=O) groups is 2. The first-order chi connectivity index (χ1) is 13.1. The first-order valence-corrected chi connectivity index (χ1v) is 8.64. The van der Waals surface area contributed by atoms with Gasteiger partial charge in [0.1, 0.15) is 5.69 Å². The van der Waals surface area contributed by atoms with Crippen molar-refractivity contribution in [2.45, 2.75) is 13.3 Å². The SMILES string of the molecule is Cc1ccc(C(=O)NCCCNC(=O)c2cc(-c3ccccc3)on2)nc1. The smallest absolute Gasteiger partial charge is 0.273 e. The standard InChI is InChI=1S/C20H20N4O3/c1-14-8-9-16(23-13-14)19(25)21-10-5-11-22-20(26)17-12-18(27-24-17)15-6-3-2-4-7-15/h2-4,6-9,12-13H,5,10-11H2,1H3,(H,21,25)(H,22,26). The molecule has 7 nitrogen and oxygen atoms in total. The number of aryl methyl sites for hydroxylation is 1. The van der Waals surface area contributed by atoms with Crippen LogP contribution in [0.5, 0.6) is 0 Å². The van der Waals surface area contributed by atoms with Crippen LogP contribution in [0.1, 0.15) is 33.0 Å². The summed E-state index contributed by atoms with van der Waals surface area (Å²) in [5, 5.41) is 9.33. The molecule has 2 heterocycles. The van der Waals surface area contributed by atoms with Crippen molar-refractivity contribution in [1.29, 1.82) is 0 Å². The van der Waals surface area contributed by atoms with E-state index in [1.54, 1.807) is 18.3 Å². The first-order valence-electron chi connectivity index (χ1n) is 8.64. The number of carbonyl (C=O) groups excluding carboxylic acids is 2. The van der Waals surface area contributed by atoms with Gasteiger partial charge < -0.3 is 15.2 Å². The molecule has 3 rings (SSSR count). The molecular weight excluding hydrogens is 344 g/mol. The summed E-state index contributed by atoms with van der Waals surface area (Å²) in [7, 11) is 0. The quantitative estimate of drug-likeness (QED) is 0.628. The molecule has 0 bridgehead atoms. The van der Waals surface area contributed by atoms with Crippen LogP contribution in [0, 0.1) is 6.92 Å². The van der Waals surface area contributed by atoms with Gasteiger partial charge in [0.15, 0.2) is 11.5 Å². The van der Waals surface area contributed by atoms with Crippen molar-refractivity contribution in [2.75, 3.05) is 13.1 Å². The summed E-state index contributed by atoms with van der Waals surface area (Å²) in [6.45, 7) is 2.76. The second-order valence-electron chi connectivity index (χ2n) is 6.03. The van der Waals surface area contributed by atoms with Crippen LogP contribution in [0.2, 0.25) is 0 Å². The maximum atomic E-state index is 12.1. The van der Waals surface area contributed by atoms with Gasteiger partial charge in [-0.25, -0.2) is 0 Å². The van der Waals surface area contributed by atoms with Crippen LogP contribution in [-0.4, -0.2) is 35.0 Å². The first kappa shape index (κ1) is 18.3. The minimum atomic E-state index is -0.313. The molecule has 7 heteroatoms. The summed E-state index contributed by atoms with van der Waals surface area (Å²) < 4.78 is 5.21. The highest BCUT2D eigenvalue weighted by Gasteiger charge is 2.13. The molecule has 0 fully saturated rings. The Morgan fingerprint density at radius 1 is 0.963 bits per heavy atom. The van der Waals surface area contributed by atoms with E-state index in [9.17, 15) is 9.59 Å². The molecule has 0 radical (unpaired) electrons. The van der Waals surface area contributed by atoms with Crippen molar-refractivity contribution in [3.05, 3.63) is 71.7 Å². The average molecular weight is 364 g/mol. The van der Waals surface area contributed by atoms with Crippen molar-refractivity contribution in [3.8, 4) is 11.3 Å².